The van der Waals surface area contributed by atoms with Crippen molar-refractivity contribution >= 4 is 28.0 Å². The molecule has 0 bridgehead atoms. The van der Waals surface area contributed by atoms with Crippen molar-refractivity contribution in [2.24, 2.45) is 0 Å². The second-order valence-corrected chi connectivity index (χ2v) is 4.12. The van der Waals surface area contributed by atoms with Crippen LogP contribution in [0.2, 0.25) is 0 Å². The first-order valence-electron chi connectivity index (χ1n) is 5.63. The molecule has 0 fully saturated rings. The molecule has 4 heteroatoms. The Bertz CT molecular complexity index is 761. The summed E-state index contributed by atoms with van der Waals surface area (Å²) in [6.45, 7) is 0. The maximum absolute atomic E-state index is 11.0. The van der Waals surface area contributed by atoms with Gasteiger partial charge in [-0.05, 0) is 12.1 Å². The Morgan fingerprint density at radius 2 is 1.78 bits per heavy atom. The van der Waals surface area contributed by atoms with E-state index < -0.39 is 0 Å². The first-order valence-corrected chi connectivity index (χ1v) is 5.63. The monoisotopic (exact) mass is 237 g/mol. The van der Waals surface area contributed by atoms with Crippen molar-refractivity contribution in [2.75, 3.05) is 7.05 Å². The van der Waals surface area contributed by atoms with Crippen LogP contribution in [-0.4, -0.2) is 28.0 Å². The van der Waals surface area contributed by atoms with E-state index in [4.69, 9.17) is 0 Å². The lowest BCUT2D eigenvalue weighted by molar-refractivity contribution is -0.416. The topological polar surface area (TPSA) is 51.9 Å². The Kier molecular flexibility index (Phi) is 2.41. The third-order valence-electron chi connectivity index (χ3n) is 2.77. The number of fused-ring (bicyclic) bond motifs is 3. The average molecular weight is 237 g/mol. The van der Waals surface area contributed by atoms with E-state index in [0.29, 0.717) is 5.69 Å². The Hall–Kier alpha value is -2.49. The molecule has 0 aliphatic heterocycles. The summed E-state index contributed by atoms with van der Waals surface area (Å²) < 4.78 is 0.743. The van der Waals surface area contributed by atoms with Crippen LogP contribution in [0.4, 0.5) is 0 Å². The SMILES string of the molecule is C/[N+]([O-])=C\c1ccc2ccc3cccnc3c2n1. The Balaban J connectivity index is 2.37. The van der Waals surface area contributed by atoms with Crippen LogP contribution in [-0.2, 0) is 0 Å². The largest absolute Gasteiger partial charge is 0.624 e. The quantitative estimate of drug-likeness (QED) is 0.214. The molecule has 0 radical (unpaired) electrons. The molecule has 88 valence electrons. The molecule has 2 aromatic heterocycles. The fourth-order valence-electron chi connectivity index (χ4n) is 2.00. The minimum Gasteiger partial charge on any atom is -0.624 e. The summed E-state index contributed by atoms with van der Waals surface area (Å²) >= 11 is 0. The van der Waals surface area contributed by atoms with Gasteiger partial charge >= 0.3 is 0 Å². The van der Waals surface area contributed by atoms with E-state index in [9.17, 15) is 5.21 Å². The summed E-state index contributed by atoms with van der Waals surface area (Å²) in [4.78, 5) is 8.85. The van der Waals surface area contributed by atoms with Crippen molar-refractivity contribution in [3.63, 3.8) is 0 Å². The molecular formula is C14H11N3O. The number of aromatic nitrogens is 2. The van der Waals surface area contributed by atoms with Crippen LogP contribution in [0.3, 0.4) is 0 Å². The van der Waals surface area contributed by atoms with Crippen LogP contribution in [0.5, 0.6) is 0 Å². The number of benzene rings is 1. The predicted octanol–water partition coefficient (Wildman–Crippen LogP) is 2.34. The van der Waals surface area contributed by atoms with Crippen molar-refractivity contribution in [2.45, 2.75) is 0 Å². The van der Waals surface area contributed by atoms with Gasteiger partial charge in [0.05, 0.1) is 11.0 Å². The van der Waals surface area contributed by atoms with Gasteiger partial charge in [0.2, 0.25) is 0 Å². The van der Waals surface area contributed by atoms with Gasteiger partial charge in [-0.1, -0.05) is 24.3 Å². The molecule has 0 unspecified atom stereocenters. The van der Waals surface area contributed by atoms with E-state index in [1.165, 1.54) is 13.3 Å². The number of hydrogen-bond donors (Lipinski definition) is 0. The van der Waals surface area contributed by atoms with Gasteiger partial charge in [-0.25, -0.2) is 9.72 Å². The van der Waals surface area contributed by atoms with Crippen molar-refractivity contribution in [1.82, 2.24) is 9.97 Å². The van der Waals surface area contributed by atoms with Gasteiger partial charge in [-0.3, -0.25) is 4.98 Å². The molecule has 4 nitrogen and oxygen atoms in total. The highest BCUT2D eigenvalue weighted by molar-refractivity contribution is 6.03. The Morgan fingerprint density at radius 1 is 1.06 bits per heavy atom. The lowest BCUT2D eigenvalue weighted by Gasteiger charge is -2.03. The maximum Gasteiger partial charge on any atom is 0.200 e. The summed E-state index contributed by atoms with van der Waals surface area (Å²) in [6, 6.07) is 11.7. The first kappa shape index (κ1) is 10.7. The van der Waals surface area contributed by atoms with E-state index in [2.05, 4.69) is 9.97 Å². The fraction of sp³-hybridized carbons (Fsp3) is 0.0714. The number of hydrogen-bond acceptors (Lipinski definition) is 3. The Morgan fingerprint density at radius 3 is 2.56 bits per heavy atom. The summed E-state index contributed by atoms with van der Waals surface area (Å²) in [5.41, 5.74) is 2.32. The zero-order valence-corrected chi connectivity index (χ0v) is 9.87. The highest BCUT2D eigenvalue weighted by Crippen LogP contribution is 2.21. The van der Waals surface area contributed by atoms with Crippen LogP contribution in [0.1, 0.15) is 5.69 Å². The van der Waals surface area contributed by atoms with E-state index in [1.54, 1.807) is 6.20 Å². The van der Waals surface area contributed by atoms with Crippen molar-refractivity contribution < 1.29 is 4.74 Å². The van der Waals surface area contributed by atoms with Crippen molar-refractivity contribution in [1.29, 1.82) is 0 Å². The first-order chi connectivity index (χ1) is 8.74. The maximum atomic E-state index is 11.0. The number of rotatable bonds is 1. The highest BCUT2D eigenvalue weighted by Gasteiger charge is 2.04. The van der Waals surface area contributed by atoms with Crippen LogP contribution in [0.25, 0.3) is 21.8 Å². The average Bonchev–Trinajstić information content (AvgIpc) is 2.38. The molecular weight excluding hydrogens is 226 g/mol. The molecule has 2 heterocycles. The third kappa shape index (κ3) is 1.78. The molecule has 1 aromatic carbocycles. The summed E-state index contributed by atoms with van der Waals surface area (Å²) in [6.07, 6.45) is 3.20. The third-order valence-corrected chi connectivity index (χ3v) is 2.77. The van der Waals surface area contributed by atoms with E-state index in [-0.39, 0.29) is 0 Å². The van der Waals surface area contributed by atoms with Gasteiger partial charge in [-0.2, -0.15) is 0 Å². The van der Waals surface area contributed by atoms with Gasteiger partial charge in [0.15, 0.2) is 6.21 Å². The summed E-state index contributed by atoms with van der Waals surface area (Å²) in [5.74, 6) is 0. The molecule has 3 aromatic rings. The number of pyridine rings is 2. The van der Waals surface area contributed by atoms with Crippen LogP contribution < -0.4 is 0 Å². The zero-order chi connectivity index (χ0) is 12.5. The smallest absolute Gasteiger partial charge is 0.200 e. The Labute approximate surface area is 104 Å². The van der Waals surface area contributed by atoms with Crippen molar-refractivity contribution in [3.05, 3.63) is 53.5 Å². The second kappa shape index (κ2) is 4.07. The molecule has 0 saturated carbocycles. The van der Waals surface area contributed by atoms with Gasteiger partial charge in [0.1, 0.15) is 12.7 Å². The van der Waals surface area contributed by atoms with Gasteiger partial charge < -0.3 is 5.21 Å². The standard InChI is InChI=1S/C14H11N3O/c1-17(18)9-12-7-6-11-5-4-10-3-2-8-15-13(10)14(11)16-12/h2-9H,1H3/b17-9+. The minimum absolute atomic E-state index is 0.637. The molecule has 3 rings (SSSR count). The number of nitrogens with zero attached hydrogens (tertiary/aromatic N) is 3. The van der Waals surface area contributed by atoms with Crippen LogP contribution >= 0.6 is 0 Å². The molecule has 0 N–H and O–H groups in total. The van der Waals surface area contributed by atoms with Crippen LogP contribution in [0, 0.1) is 5.21 Å². The summed E-state index contributed by atoms with van der Waals surface area (Å²) in [7, 11) is 1.44. The molecule has 0 aliphatic carbocycles. The highest BCUT2D eigenvalue weighted by atomic mass is 16.5. The van der Waals surface area contributed by atoms with Gasteiger partial charge in [-0.15, -0.1) is 0 Å². The molecule has 0 aliphatic rings. The zero-order valence-electron chi connectivity index (χ0n) is 9.87. The van der Waals surface area contributed by atoms with E-state index in [0.717, 1.165) is 26.5 Å². The van der Waals surface area contributed by atoms with E-state index >= 15 is 0 Å². The molecule has 0 saturated heterocycles. The second-order valence-electron chi connectivity index (χ2n) is 4.12. The molecule has 0 amide bonds. The number of hydroxylamine groups is 1. The normalized spacial score (nSPS) is 12.2. The van der Waals surface area contributed by atoms with Crippen molar-refractivity contribution in [3.8, 4) is 0 Å². The minimum atomic E-state index is 0.637. The molecule has 0 atom stereocenters. The molecule has 18 heavy (non-hydrogen) atoms. The van der Waals surface area contributed by atoms with Crippen LogP contribution in [0.15, 0.2) is 42.6 Å². The van der Waals surface area contributed by atoms with Gasteiger partial charge in [0.25, 0.3) is 0 Å². The lowest BCUT2D eigenvalue weighted by Crippen LogP contribution is -2.00. The lowest BCUT2D eigenvalue weighted by atomic mass is 10.1. The predicted molar refractivity (Wildman–Crippen MR) is 71.8 cm³/mol. The summed E-state index contributed by atoms with van der Waals surface area (Å²) in [5, 5.41) is 13.1. The fourth-order valence-corrected chi connectivity index (χ4v) is 2.00. The molecule has 0 spiro atoms. The van der Waals surface area contributed by atoms with E-state index in [1.807, 2.05) is 36.4 Å². The van der Waals surface area contributed by atoms with Gasteiger partial charge in [0, 0.05) is 17.0 Å².